The van der Waals surface area contributed by atoms with E-state index < -0.39 is 11.9 Å². The Kier molecular flexibility index (Phi) is 7.52. The Labute approximate surface area is 223 Å². The van der Waals surface area contributed by atoms with Gasteiger partial charge in [-0.3, -0.25) is 14.5 Å². The van der Waals surface area contributed by atoms with Crippen molar-refractivity contribution in [1.82, 2.24) is 15.1 Å². The van der Waals surface area contributed by atoms with E-state index in [0.717, 1.165) is 12.1 Å². The lowest BCUT2D eigenvalue weighted by Crippen LogP contribution is -2.43. The predicted molar refractivity (Wildman–Crippen MR) is 139 cm³/mol. The number of imide groups is 1. The molecule has 2 aromatic rings. The lowest BCUT2D eigenvalue weighted by atomic mass is 10.0. The molecule has 4 atom stereocenters. The molecule has 2 heterocycles. The molecule has 1 aliphatic carbocycles. The molecule has 1 saturated carbocycles. The van der Waals surface area contributed by atoms with E-state index in [0.29, 0.717) is 37.1 Å². The molecule has 9 heteroatoms. The average Bonchev–Trinajstić information content (AvgIpc) is 3.46. The van der Waals surface area contributed by atoms with Gasteiger partial charge in [0, 0.05) is 19.0 Å². The molecular weight excluding hydrogens is 486 g/mol. The standard InChI is InChI=1S/C29H35N3O6/c1-29(2)37-24-20(16-23(25(24)38-29)30-28(35)36-18-19-10-5-4-6-11-19)17-31(3)14-9-15-32-26(33)21-12-7-8-13-22(21)27(32)34/h4-8,10-13,20,23-25H,9,14-18H2,1-3H3,(H,30,35)/t20-,23-,24-,25+/m1/s1. The fraction of sp³-hybridized carbons (Fsp3) is 0.483. The monoisotopic (exact) mass is 521 g/mol. The Hall–Kier alpha value is -3.27. The minimum Gasteiger partial charge on any atom is -0.445 e. The molecule has 0 aromatic heterocycles. The van der Waals surface area contributed by atoms with E-state index in [9.17, 15) is 14.4 Å². The topological polar surface area (TPSA) is 97.4 Å². The van der Waals surface area contributed by atoms with Crippen molar-refractivity contribution >= 4 is 17.9 Å². The molecule has 2 fully saturated rings. The van der Waals surface area contributed by atoms with Crippen LogP contribution in [-0.4, -0.2) is 78.4 Å². The molecule has 3 aliphatic rings. The summed E-state index contributed by atoms with van der Waals surface area (Å²) >= 11 is 0. The highest BCUT2D eigenvalue weighted by Crippen LogP contribution is 2.42. The number of rotatable bonds is 9. The Balaban J connectivity index is 1.12. The SMILES string of the molecule is CN(CCCN1C(=O)c2ccccc2C1=O)C[C@H]1C[C@@H](NC(=O)OCc2ccccc2)[C@@H]2OC(C)(C)O[C@H]12. The van der Waals surface area contributed by atoms with Crippen molar-refractivity contribution in [2.75, 3.05) is 26.7 Å². The number of alkyl carbamates (subject to hydrolysis) is 1. The number of benzene rings is 2. The van der Waals surface area contributed by atoms with E-state index >= 15 is 0 Å². The summed E-state index contributed by atoms with van der Waals surface area (Å²) in [5, 5.41) is 2.99. The second kappa shape index (κ2) is 10.8. The van der Waals surface area contributed by atoms with E-state index in [-0.39, 0.29) is 42.6 Å². The van der Waals surface area contributed by atoms with E-state index in [1.54, 1.807) is 24.3 Å². The largest absolute Gasteiger partial charge is 0.445 e. The quantitative estimate of drug-likeness (QED) is 0.505. The van der Waals surface area contributed by atoms with Crippen LogP contribution >= 0.6 is 0 Å². The molecule has 38 heavy (non-hydrogen) atoms. The number of hydrogen-bond acceptors (Lipinski definition) is 7. The predicted octanol–water partition coefficient (Wildman–Crippen LogP) is 3.44. The highest BCUT2D eigenvalue weighted by molar-refractivity contribution is 6.21. The number of nitrogens with one attached hydrogen (secondary N) is 1. The van der Waals surface area contributed by atoms with Gasteiger partial charge in [0.1, 0.15) is 12.7 Å². The molecule has 202 valence electrons. The maximum absolute atomic E-state index is 12.6. The normalized spacial score (nSPS) is 25.5. The molecule has 2 aliphatic heterocycles. The minimum atomic E-state index is -0.730. The van der Waals surface area contributed by atoms with Crippen molar-refractivity contribution in [3.05, 3.63) is 71.3 Å². The Morgan fingerprint density at radius 3 is 2.34 bits per heavy atom. The summed E-state index contributed by atoms with van der Waals surface area (Å²) in [5.41, 5.74) is 1.88. The second-order valence-corrected chi connectivity index (χ2v) is 10.8. The Morgan fingerprint density at radius 1 is 1.03 bits per heavy atom. The van der Waals surface area contributed by atoms with Gasteiger partial charge in [-0.25, -0.2) is 4.79 Å². The number of carbonyl (C=O) groups excluding carboxylic acids is 3. The van der Waals surface area contributed by atoms with E-state index in [4.69, 9.17) is 14.2 Å². The van der Waals surface area contributed by atoms with Gasteiger partial charge in [-0.15, -0.1) is 0 Å². The van der Waals surface area contributed by atoms with Gasteiger partial charge in [0.2, 0.25) is 0 Å². The number of hydrogen-bond donors (Lipinski definition) is 1. The maximum Gasteiger partial charge on any atom is 0.407 e. The van der Waals surface area contributed by atoms with Crippen molar-refractivity contribution in [1.29, 1.82) is 0 Å². The zero-order chi connectivity index (χ0) is 26.9. The highest BCUT2D eigenvalue weighted by Gasteiger charge is 2.54. The van der Waals surface area contributed by atoms with Crippen molar-refractivity contribution in [2.24, 2.45) is 5.92 Å². The summed E-state index contributed by atoms with van der Waals surface area (Å²) in [7, 11) is 2.02. The first-order valence-corrected chi connectivity index (χ1v) is 13.2. The van der Waals surface area contributed by atoms with Gasteiger partial charge in [0.15, 0.2) is 5.79 Å². The van der Waals surface area contributed by atoms with Gasteiger partial charge in [0.05, 0.1) is 23.3 Å². The van der Waals surface area contributed by atoms with Gasteiger partial charge < -0.3 is 24.4 Å². The number of nitrogens with zero attached hydrogens (tertiary/aromatic N) is 2. The number of fused-ring (bicyclic) bond motifs is 2. The fourth-order valence-electron chi connectivity index (χ4n) is 5.76. The fourth-order valence-corrected chi connectivity index (χ4v) is 5.76. The van der Waals surface area contributed by atoms with Crippen molar-refractivity contribution < 1.29 is 28.6 Å². The number of carbonyl (C=O) groups is 3. The van der Waals surface area contributed by atoms with Crippen LogP contribution < -0.4 is 5.32 Å². The van der Waals surface area contributed by atoms with Crippen LogP contribution in [0.3, 0.4) is 0 Å². The van der Waals surface area contributed by atoms with Crippen LogP contribution in [0.15, 0.2) is 54.6 Å². The van der Waals surface area contributed by atoms with Crippen LogP contribution in [0.25, 0.3) is 0 Å². The molecule has 0 unspecified atom stereocenters. The Bertz CT molecular complexity index is 1150. The molecule has 2 aromatic carbocycles. The summed E-state index contributed by atoms with van der Waals surface area (Å²) in [6, 6.07) is 16.3. The zero-order valence-corrected chi connectivity index (χ0v) is 22.1. The van der Waals surface area contributed by atoms with Crippen molar-refractivity contribution in [3.8, 4) is 0 Å². The summed E-state index contributed by atoms with van der Waals surface area (Å²) in [6.45, 7) is 5.80. The third-order valence-corrected chi connectivity index (χ3v) is 7.44. The first-order valence-electron chi connectivity index (χ1n) is 13.2. The summed E-state index contributed by atoms with van der Waals surface area (Å²) in [5.74, 6) is -1.03. The zero-order valence-electron chi connectivity index (χ0n) is 22.1. The van der Waals surface area contributed by atoms with E-state index in [1.807, 2.05) is 51.2 Å². The van der Waals surface area contributed by atoms with Crippen molar-refractivity contribution in [3.63, 3.8) is 0 Å². The lowest BCUT2D eigenvalue weighted by molar-refractivity contribution is -0.159. The molecular formula is C29H35N3O6. The first kappa shape index (κ1) is 26.3. The van der Waals surface area contributed by atoms with Gasteiger partial charge in [-0.1, -0.05) is 42.5 Å². The average molecular weight is 522 g/mol. The second-order valence-electron chi connectivity index (χ2n) is 10.8. The summed E-state index contributed by atoms with van der Waals surface area (Å²) in [6.07, 6.45) is 0.489. The summed E-state index contributed by atoms with van der Waals surface area (Å²) in [4.78, 5) is 41.3. The van der Waals surface area contributed by atoms with Crippen LogP contribution in [0.5, 0.6) is 0 Å². The minimum absolute atomic E-state index is 0.144. The first-order chi connectivity index (χ1) is 18.2. The molecule has 3 amide bonds. The molecule has 0 bridgehead atoms. The maximum atomic E-state index is 12.6. The van der Waals surface area contributed by atoms with Gasteiger partial charge in [-0.05, 0) is 58.0 Å². The van der Waals surface area contributed by atoms with Crippen LogP contribution in [-0.2, 0) is 20.8 Å². The molecule has 1 N–H and O–H groups in total. The highest BCUT2D eigenvalue weighted by atomic mass is 16.8. The van der Waals surface area contributed by atoms with Crippen LogP contribution in [0.2, 0.25) is 0 Å². The lowest BCUT2D eigenvalue weighted by Gasteiger charge is -2.27. The third-order valence-electron chi connectivity index (χ3n) is 7.44. The Morgan fingerprint density at radius 2 is 1.66 bits per heavy atom. The molecule has 0 spiro atoms. The van der Waals surface area contributed by atoms with Gasteiger partial charge >= 0.3 is 6.09 Å². The van der Waals surface area contributed by atoms with E-state index in [2.05, 4.69) is 10.2 Å². The van der Waals surface area contributed by atoms with Crippen LogP contribution in [0, 0.1) is 5.92 Å². The van der Waals surface area contributed by atoms with Crippen molar-refractivity contribution in [2.45, 2.75) is 57.3 Å². The molecule has 1 saturated heterocycles. The molecule has 9 nitrogen and oxygen atoms in total. The number of amides is 3. The smallest absolute Gasteiger partial charge is 0.407 e. The number of ether oxygens (including phenoxy) is 3. The van der Waals surface area contributed by atoms with E-state index in [1.165, 1.54) is 4.90 Å². The third kappa shape index (κ3) is 5.60. The van der Waals surface area contributed by atoms with Crippen LogP contribution in [0.4, 0.5) is 4.79 Å². The van der Waals surface area contributed by atoms with Crippen LogP contribution in [0.1, 0.15) is 53.0 Å². The molecule has 5 rings (SSSR count). The van der Waals surface area contributed by atoms with Gasteiger partial charge in [-0.2, -0.15) is 0 Å². The summed E-state index contributed by atoms with van der Waals surface area (Å²) < 4.78 is 17.8. The molecule has 0 radical (unpaired) electrons. The van der Waals surface area contributed by atoms with Gasteiger partial charge in [0.25, 0.3) is 11.8 Å².